The van der Waals surface area contributed by atoms with Crippen molar-refractivity contribution in [3.05, 3.63) is 6.92 Å². The molecule has 66 valence electrons. The molecule has 0 aliphatic carbocycles. The number of unbranched alkanes of at least 4 members (excludes halogenated alkanes) is 6. The van der Waals surface area contributed by atoms with Crippen LogP contribution in [0.15, 0.2) is 0 Å². The third-order valence-electron chi connectivity index (χ3n) is 1.60. The molecule has 0 N–H and O–H groups in total. The van der Waals surface area contributed by atoms with Crippen LogP contribution in [-0.2, 0) is 21.1 Å². The standard InChI is InChI=1S/C9H19.Pt/c1-3-5-7-9-8-6-4-2;/h1,3-9H2,2H3;/q-1;. The van der Waals surface area contributed by atoms with Gasteiger partial charge >= 0.3 is 0 Å². The first-order chi connectivity index (χ1) is 4.41. The Bertz CT molecular complexity index is 38.0. The third kappa shape index (κ3) is 11.5. The van der Waals surface area contributed by atoms with Crippen LogP contribution in [0.25, 0.3) is 0 Å². The van der Waals surface area contributed by atoms with E-state index in [9.17, 15) is 0 Å². The minimum atomic E-state index is 0. The Kier molecular flexibility index (Phi) is 16.4. The van der Waals surface area contributed by atoms with E-state index in [2.05, 4.69) is 13.8 Å². The molecule has 0 aliphatic rings. The summed E-state index contributed by atoms with van der Waals surface area (Å²) in [6, 6.07) is 0. The molecule has 0 spiro atoms. The fourth-order valence-corrected chi connectivity index (χ4v) is 0.957. The van der Waals surface area contributed by atoms with E-state index in [0.29, 0.717) is 0 Å². The van der Waals surface area contributed by atoms with E-state index in [-0.39, 0.29) is 21.1 Å². The van der Waals surface area contributed by atoms with Crippen LogP contribution in [0, 0.1) is 6.92 Å². The zero-order valence-corrected chi connectivity index (χ0v) is 9.25. The molecule has 0 aromatic carbocycles. The van der Waals surface area contributed by atoms with Gasteiger partial charge in [-0.1, -0.05) is 45.4 Å². The minimum Gasteiger partial charge on any atom is -0.343 e. The first-order valence-electron chi connectivity index (χ1n) is 4.21. The second kappa shape index (κ2) is 12.4. The molecule has 10 heavy (non-hydrogen) atoms. The Labute approximate surface area is 80.0 Å². The van der Waals surface area contributed by atoms with Gasteiger partial charge < -0.3 is 6.92 Å². The van der Waals surface area contributed by atoms with E-state index in [4.69, 9.17) is 0 Å². The number of hydrogen-bond acceptors (Lipinski definition) is 0. The van der Waals surface area contributed by atoms with Crippen molar-refractivity contribution in [2.24, 2.45) is 0 Å². The van der Waals surface area contributed by atoms with Crippen LogP contribution < -0.4 is 0 Å². The Balaban J connectivity index is 0. The summed E-state index contributed by atoms with van der Waals surface area (Å²) in [6.07, 6.45) is 9.45. The normalized spacial score (nSPS) is 9.00. The molecule has 1 heteroatoms. The van der Waals surface area contributed by atoms with Gasteiger partial charge in [0, 0.05) is 21.1 Å². The molecule has 0 aromatic heterocycles. The van der Waals surface area contributed by atoms with Crippen LogP contribution in [0.3, 0.4) is 0 Å². The van der Waals surface area contributed by atoms with Crippen molar-refractivity contribution in [3.63, 3.8) is 0 Å². The van der Waals surface area contributed by atoms with Gasteiger partial charge in [-0.3, -0.25) is 0 Å². The minimum absolute atomic E-state index is 0. The fraction of sp³-hybridized carbons (Fsp3) is 0.889. The summed E-state index contributed by atoms with van der Waals surface area (Å²) in [7, 11) is 0. The molecule has 0 aromatic rings. The molecular weight excluding hydrogens is 303 g/mol. The van der Waals surface area contributed by atoms with Crippen molar-refractivity contribution < 1.29 is 21.1 Å². The van der Waals surface area contributed by atoms with E-state index in [1.807, 2.05) is 0 Å². The Morgan fingerprint density at radius 3 is 1.90 bits per heavy atom. The summed E-state index contributed by atoms with van der Waals surface area (Å²) in [5, 5.41) is 0. The van der Waals surface area contributed by atoms with E-state index in [1.54, 1.807) is 0 Å². The van der Waals surface area contributed by atoms with Crippen molar-refractivity contribution in [3.8, 4) is 0 Å². The monoisotopic (exact) mass is 322 g/mol. The Morgan fingerprint density at radius 2 is 1.40 bits per heavy atom. The first-order valence-corrected chi connectivity index (χ1v) is 4.21. The average Bonchev–Trinajstić information content (AvgIpc) is 1.89. The fourth-order valence-electron chi connectivity index (χ4n) is 0.957. The summed E-state index contributed by atoms with van der Waals surface area (Å²) in [5.41, 5.74) is 0. The van der Waals surface area contributed by atoms with Gasteiger partial charge in [0.05, 0.1) is 0 Å². The number of hydrogen-bond donors (Lipinski definition) is 0. The zero-order valence-electron chi connectivity index (χ0n) is 6.97. The van der Waals surface area contributed by atoms with Crippen molar-refractivity contribution in [1.82, 2.24) is 0 Å². The topological polar surface area (TPSA) is 0 Å². The molecule has 0 heterocycles. The molecular formula is C9H19Pt-. The average molecular weight is 322 g/mol. The summed E-state index contributed by atoms with van der Waals surface area (Å²) in [5.74, 6) is 0. The predicted molar refractivity (Wildman–Crippen MR) is 43.4 cm³/mol. The molecule has 0 unspecified atom stereocenters. The molecule has 0 atom stereocenters. The Morgan fingerprint density at radius 1 is 0.900 bits per heavy atom. The second-order valence-corrected chi connectivity index (χ2v) is 2.62. The molecule has 0 amide bonds. The van der Waals surface area contributed by atoms with Crippen LogP contribution in [0.4, 0.5) is 0 Å². The van der Waals surface area contributed by atoms with Gasteiger partial charge in [-0.2, -0.15) is 6.42 Å². The van der Waals surface area contributed by atoms with Crippen LogP contribution >= 0.6 is 0 Å². The summed E-state index contributed by atoms with van der Waals surface area (Å²) >= 11 is 0. The Hall–Kier alpha value is 0.688. The molecule has 0 radical (unpaired) electrons. The van der Waals surface area contributed by atoms with Crippen LogP contribution in [0.2, 0.25) is 0 Å². The maximum absolute atomic E-state index is 3.80. The van der Waals surface area contributed by atoms with E-state index in [1.165, 1.54) is 38.5 Å². The third-order valence-corrected chi connectivity index (χ3v) is 1.60. The molecule has 0 fully saturated rings. The van der Waals surface area contributed by atoms with Crippen LogP contribution in [0.1, 0.15) is 51.9 Å². The smallest absolute Gasteiger partial charge is 0 e. The molecule has 0 bridgehead atoms. The largest absolute Gasteiger partial charge is 0.343 e. The molecule has 0 saturated heterocycles. The van der Waals surface area contributed by atoms with E-state index in [0.717, 1.165) is 6.42 Å². The van der Waals surface area contributed by atoms with Crippen molar-refractivity contribution in [2.45, 2.75) is 51.9 Å². The van der Waals surface area contributed by atoms with Gasteiger partial charge in [0.15, 0.2) is 0 Å². The first kappa shape index (κ1) is 13.3. The van der Waals surface area contributed by atoms with Gasteiger partial charge in [0.2, 0.25) is 0 Å². The van der Waals surface area contributed by atoms with Crippen molar-refractivity contribution in [1.29, 1.82) is 0 Å². The van der Waals surface area contributed by atoms with Gasteiger partial charge in [0.1, 0.15) is 0 Å². The zero-order chi connectivity index (χ0) is 6.95. The molecule has 0 aliphatic heterocycles. The van der Waals surface area contributed by atoms with Gasteiger partial charge in [0.25, 0.3) is 0 Å². The maximum Gasteiger partial charge on any atom is 0 e. The maximum atomic E-state index is 3.80. The van der Waals surface area contributed by atoms with Gasteiger partial charge in [-0.15, -0.1) is 0 Å². The summed E-state index contributed by atoms with van der Waals surface area (Å²) < 4.78 is 0. The molecule has 0 rings (SSSR count). The summed E-state index contributed by atoms with van der Waals surface area (Å²) in [6.45, 7) is 6.05. The van der Waals surface area contributed by atoms with Crippen molar-refractivity contribution in [2.75, 3.05) is 0 Å². The van der Waals surface area contributed by atoms with Crippen molar-refractivity contribution >= 4 is 0 Å². The van der Waals surface area contributed by atoms with Gasteiger partial charge in [-0.05, 0) is 0 Å². The van der Waals surface area contributed by atoms with Crippen LogP contribution in [-0.4, -0.2) is 0 Å². The quantitative estimate of drug-likeness (QED) is 0.518. The number of rotatable bonds is 6. The summed E-state index contributed by atoms with van der Waals surface area (Å²) in [4.78, 5) is 0. The predicted octanol–water partition coefficient (Wildman–Crippen LogP) is 3.57. The van der Waals surface area contributed by atoms with E-state index < -0.39 is 0 Å². The van der Waals surface area contributed by atoms with Crippen LogP contribution in [0.5, 0.6) is 0 Å². The van der Waals surface area contributed by atoms with Gasteiger partial charge in [-0.25, -0.2) is 0 Å². The SMILES string of the molecule is [CH2-]CCCCCCCC.[Pt]. The molecule has 0 nitrogen and oxygen atoms in total. The van der Waals surface area contributed by atoms with E-state index >= 15 is 0 Å². The molecule has 0 saturated carbocycles. The second-order valence-electron chi connectivity index (χ2n) is 2.62.